The number of aromatic nitrogens is 4. The maximum atomic E-state index is 12.7. The van der Waals surface area contributed by atoms with E-state index in [1.165, 1.54) is 12.8 Å². The van der Waals surface area contributed by atoms with E-state index in [-0.39, 0.29) is 17.8 Å². The number of carbonyl (C=O) groups excluding carboxylic acids is 1. The lowest BCUT2D eigenvalue weighted by Crippen LogP contribution is -2.37. The van der Waals surface area contributed by atoms with E-state index >= 15 is 0 Å². The summed E-state index contributed by atoms with van der Waals surface area (Å²) in [6.07, 6.45) is 4.02. The number of nitrogens with one attached hydrogen (secondary N) is 1. The van der Waals surface area contributed by atoms with Gasteiger partial charge in [-0.15, -0.1) is 5.10 Å². The topological polar surface area (TPSA) is 84.6 Å². The average Bonchev–Trinajstić information content (AvgIpc) is 3.39. The van der Waals surface area contributed by atoms with Crippen molar-refractivity contribution in [3.8, 4) is 5.75 Å². The second-order valence-corrected chi connectivity index (χ2v) is 6.98. The molecule has 1 saturated heterocycles. The molecule has 1 aromatic carbocycles. The third-order valence-electron chi connectivity index (χ3n) is 5.17. The van der Waals surface area contributed by atoms with Crippen LogP contribution >= 0.6 is 0 Å². The van der Waals surface area contributed by atoms with Crippen molar-refractivity contribution in [1.29, 1.82) is 0 Å². The first-order chi connectivity index (χ1) is 13.7. The number of methoxy groups -OCH3 is 1. The van der Waals surface area contributed by atoms with Crippen LogP contribution < -0.4 is 10.1 Å². The van der Waals surface area contributed by atoms with Gasteiger partial charge in [0.2, 0.25) is 5.82 Å². The number of likely N-dealkylation sites (tertiary alicyclic amines) is 1. The smallest absolute Gasteiger partial charge is 0.291 e. The number of hydrogen-bond donors (Lipinski definition) is 1. The summed E-state index contributed by atoms with van der Waals surface area (Å²) in [6, 6.07) is 9.97. The zero-order valence-electron chi connectivity index (χ0n) is 16.1. The highest BCUT2D eigenvalue weighted by Crippen LogP contribution is 2.26. The first-order valence-corrected chi connectivity index (χ1v) is 9.50. The lowest BCUT2D eigenvalue weighted by molar-refractivity contribution is 0.0927. The summed E-state index contributed by atoms with van der Waals surface area (Å²) in [4.78, 5) is 23.5. The quantitative estimate of drug-likeness (QED) is 0.704. The van der Waals surface area contributed by atoms with E-state index in [4.69, 9.17) is 4.74 Å². The second kappa shape index (κ2) is 7.93. The maximum Gasteiger partial charge on any atom is 0.291 e. The van der Waals surface area contributed by atoms with Crippen LogP contribution in [0.2, 0.25) is 0 Å². The van der Waals surface area contributed by atoms with Crippen molar-refractivity contribution in [2.75, 3.05) is 26.7 Å². The van der Waals surface area contributed by atoms with Crippen molar-refractivity contribution in [1.82, 2.24) is 29.8 Å². The fourth-order valence-corrected chi connectivity index (χ4v) is 3.61. The Hall–Kier alpha value is -3.00. The Kier molecular flexibility index (Phi) is 5.21. The van der Waals surface area contributed by atoms with Gasteiger partial charge in [0.05, 0.1) is 13.2 Å². The van der Waals surface area contributed by atoms with Gasteiger partial charge in [-0.2, -0.15) is 4.98 Å². The number of aryl methyl sites for hydroxylation is 1. The largest absolute Gasteiger partial charge is 0.497 e. The minimum Gasteiger partial charge on any atom is -0.497 e. The second-order valence-electron chi connectivity index (χ2n) is 6.98. The Labute approximate surface area is 163 Å². The van der Waals surface area contributed by atoms with E-state index in [1.54, 1.807) is 17.8 Å². The molecule has 3 aromatic rings. The monoisotopic (exact) mass is 380 g/mol. The van der Waals surface area contributed by atoms with Crippen molar-refractivity contribution >= 4 is 11.7 Å². The van der Waals surface area contributed by atoms with E-state index in [2.05, 4.69) is 37.4 Å². The van der Waals surface area contributed by atoms with Crippen LogP contribution in [0.1, 0.15) is 40.8 Å². The van der Waals surface area contributed by atoms with Gasteiger partial charge in [-0.3, -0.25) is 9.69 Å². The molecule has 4 rings (SSSR count). The third-order valence-corrected chi connectivity index (χ3v) is 5.17. The summed E-state index contributed by atoms with van der Waals surface area (Å²) in [5.74, 6) is 1.10. The number of hydrogen-bond acceptors (Lipinski definition) is 6. The Morgan fingerprint density at radius 1 is 1.21 bits per heavy atom. The predicted octanol–water partition coefficient (Wildman–Crippen LogP) is 2.01. The molecule has 146 valence electrons. The zero-order valence-corrected chi connectivity index (χ0v) is 16.1. The molecule has 1 atom stereocenters. The van der Waals surface area contributed by atoms with Crippen LogP contribution in [0.3, 0.4) is 0 Å². The molecule has 0 saturated carbocycles. The molecule has 1 aliphatic rings. The third kappa shape index (κ3) is 3.68. The minimum absolute atomic E-state index is 0.106. The van der Waals surface area contributed by atoms with Gasteiger partial charge in [-0.05, 0) is 56.6 Å². The number of fused-ring (bicyclic) bond motifs is 1. The molecular formula is C20H24N6O2. The lowest BCUT2D eigenvalue weighted by Gasteiger charge is -2.28. The van der Waals surface area contributed by atoms with Crippen molar-refractivity contribution in [2.24, 2.45) is 0 Å². The molecule has 1 unspecified atom stereocenters. The van der Waals surface area contributed by atoms with Crippen LogP contribution in [0, 0.1) is 6.92 Å². The van der Waals surface area contributed by atoms with Crippen molar-refractivity contribution in [3.63, 3.8) is 0 Å². The summed E-state index contributed by atoms with van der Waals surface area (Å²) < 4.78 is 6.84. The van der Waals surface area contributed by atoms with Crippen LogP contribution in [0.4, 0.5) is 0 Å². The van der Waals surface area contributed by atoms with E-state index < -0.39 is 0 Å². The van der Waals surface area contributed by atoms with Gasteiger partial charge in [0, 0.05) is 18.4 Å². The van der Waals surface area contributed by atoms with Gasteiger partial charge < -0.3 is 10.1 Å². The number of nitrogens with zero attached hydrogens (tertiary/aromatic N) is 5. The average molecular weight is 380 g/mol. The van der Waals surface area contributed by atoms with E-state index in [9.17, 15) is 4.79 Å². The van der Waals surface area contributed by atoms with Crippen LogP contribution in [-0.4, -0.2) is 57.1 Å². The Morgan fingerprint density at radius 3 is 2.64 bits per heavy atom. The fraction of sp³-hybridized carbons (Fsp3) is 0.400. The molecule has 0 bridgehead atoms. The first-order valence-electron chi connectivity index (χ1n) is 9.50. The molecule has 8 nitrogen and oxygen atoms in total. The van der Waals surface area contributed by atoms with E-state index in [0.29, 0.717) is 12.3 Å². The van der Waals surface area contributed by atoms with Gasteiger partial charge >= 0.3 is 0 Å². The SMILES string of the molecule is COc1ccc(C(CNC(=O)c2nc3nccc(C)n3n2)N2CCCC2)cc1. The van der Waals surface area contributed by atoms with Crippen LogP contribution in [-0.2, 0) is 0 Å². The Balaban J connectivity index is 1.51. The summed E-state index contributed by atoms with van der Waals surface area (Å²) >= 11 is 0. The van der Waals surface area contributed by atoms with Crippen LogP contribution in [0.25, 0.3) is 5.78 Å². The number of carbonyl (C=O) groups is 1. The van der Waals surface area contributed by atoms with Crippen LogP contribution in [0.15, 0.2) is 36.5 Å². The zero-order chi connectivity index (χ0) is 19.5. The number of benzene rings is 1. The molecule has 8 heteroatoms. The molecule has 0 spiro atoms. The molecule has 1 fully saturated rings. The van der Waals surface area contributed by atoms with E-state index in [1.807, 2.05) is 25.1 Å². The fourth-order valence-electron chi connectivity index (χ4n) is 3.61. The van der Waals surface area contributed by atoms with Gasteiger partial charge in [0.15, 0.2) is 0 Å². The molecule has 1 N–H and O–H groups in total. The summed E-state index contributed by atoms with van der Waals surface area (Å²) in [7, 11) is 1.66. The molecule has 28 heavy (non-hydrogen) atoms. The Morgan fingerprint density at radius 2 is 1.96 bits per heavy atom. The van der Waals surface area contributed by atoms with Gasteiger partial charge in [-0.25, -0.2) is 9.50 Å². The maximum absolute atomic E-state index is 12.7. The molecule has 0 radical (unpaired) electrons. The summed E-state index contributed by atoms with van der Waals surface area (Å²) in [5, 5.41) is 7.29. The molecule has 1 aliphatic heterocycles. The van der Waals surface area contributed by atoms with E-state index in [0.717, 1.165) is 30.1 Å². The van der Waals surface area contributed by atoms with Crippen molar-refractivity contribution in [3.05, 3.63) is 53.6 Å². The van der Waals surface area contributed by atoms with Crippen molar-refractivity contribution in [2.45, 2.75) is 25.8 Å². The number of rotatable bonds is 6. The first kappa shape index (κ1) is 18.4. The van der Waals surface area contributed by atoms with Gasteiger partial charge in [0.25, 0.3) is 11.7 Å². The molecule has 1 amide bonds. The molecule has 2 aromatic heterocycles. The van der Waals surface area contributed by atoms with Crippen LogP contribution in [0.5, 0.6) is 5.75 Å². The summed E-state index contributed by atoms with van der Waals surface area (Å²) in [6.45, 7) is 4.45. The van der Waals surface area contributed by atoms with Gasteiger partial charge in [-0.1, -0.05) is 12.1 Å². The van der Waals surface area contributed by atoms with Crippen molar-refractivity contribution < 1.29 is 9.53 Å². The normalized spacial score (nSPS) is 15.6. The predicted molar refractivity (Wildman–Crippen MR) is 104 cm³/mol. The lowest BCUT2D eigenvalue weighted by atomic mass is 10.1. The molecular weight excluding hydrogens is 356 g/mol. The minimum atomic E-state index is -0.289. The molecule has 3 heterocycles. The Bertz CT molecular complexity index is 962. The summed E-state index contributed by atoms with van der Waals surface area (Å²) in [5.41, 5.74) is 2.04. The highest BCUT2D eigenvalue weighted by molar-refractivity contribution is 5.90. The highest BCUT2D eigenvalue weighted by atomic mass is 16.5. The number of amides is 1. The highest BCUT2D eigenvalue weighted by Gasteiger charge is 2.25. The standard InChI is InChI=1S/C20H24N6O2/c1-14-9-10-21-20-23-18(24-26(14)20)19(27)22-13-17(25-11-3-4-12-25)15-5-7-16(28-2)8-6-15/h5-10,17H,3-4,11-13H2,1-2H3,(H,22,27). The molecule has 0 aliphatic carbocycles. The number of ether oxygens (including phenoxy) is 1. The van der Waals surface area contributed by atoms with Gasteiger partial charge in [0.1, 0.15) is 5.75 Å².